The van der Waals surface area contributed by atoms with Crippen molar-refractivity contribution in [2.75, 3.05) is 5.32 Å². The van der Waals surface area contributed by atoms with Gasteiger partial charge in [-0.05, 0) is 55.5 Å². The van der Waals surface area contributed by atoms with E-state index in [4.69, 9.17) is 15.7 Å². The highest BCUT2D eigenvalue weighted by molar-refractivity contribution is 7.18. The summed E-state index contributed by atoms with van der Waals surface area (Å²) in [4.78, 5) is 15.2. The van der Waals surface area contributed by atoms with Crippen LogP contribution in [0, 0.1) is 6.92 Å². The summed E-state index contributed by atoms with van der Waals surface area (Å²) in [7, 11) is 0. The van der Waals surface area contributed by atoms with Gasteiger partial charge in [0.15, 0.2) is 0 Å². The molecule has 1 saturated carbocycles. The number of fused-ring (bicyclic) bond motifs is 1. The highest BCUT2D eigenvalue weighted by atomic mass is 32.1. The van der Waals surface area contributed by atoms with Gasteiger partial charge in [0.05, 0.1) is 16.3 Å². The van der Waals surface area contributed by atoms with Crippen molar-refractivity contribution in [1.29, 1.82) is 0 Å². The molecule has 1 fully saturated rings. The van der Waals surface area contributed by atoms with Gasteiger partial charge in [0.1, 0.15) is 5.01 Å². The Morgan fingerprint density at radius 1 is 0.967 bits per heavy atom. The summed E-state index contributed by atoms with van der Waals surface area (Å²) < 4.78 is 0. The van der Waals surface area contributed by atoms with Crippen LogP contribution in [0.2, 0.25) is 0 Å². The zero-order valence-corrected chi connectivity index (χ0v) is 17.8. The van der Waals surface area contributed by atoms with Gasteiger partial charge in [0.2, 0.25) is 5.95 Å². The lowest BCUT2D eigenvalue weighted by molar-refractivity contribution is 0.410. The number of hydrogen-bond donors (Lipinski definition) is 2. The first kappa shape index (κ1) is 19.2. The molecule has 0 radical (unpaired) electrons. The summed E-state index contributed by atoms with van der Waals surface area (Å²) in [5, 5.41) is 6.98. The molecule has 0 saturated heterocycles. The molecule has 152 valence electrons. The molecular weight excluding hydrogens is 390 g/mol. The number of thiazole rings is 1. The summed E-state index contributed by atoms with van der Waals surface area (Å²) in [5.74, 6) is 0.688. The molecule has 0 atom stereocenters. The Kier molecular flexibility index (Phi) is 5.19. The lowest BCUT2D eigenvalue weighted by Gasteiger charge is -2.26. The van der Waals surface area contributed by atoms with E-state index in [1.54, 1.807) is 11.3 Å². The van der Waals surface area contributed by atoms with Crippen LogP contribution in [0.1, 0.15) is 31.4 Å². The van der Waals surface area contributed by atoms with Gasteiger partial charge < -0.3 is 11.1 Å². The van der Waals surface area contributed by atoms with E-state index in [9.17, 15) is 0 Å². The van der Waals surface area contributed by atoms with Crippen molar-refractivity contribution in [3.05, 3.63) is 60.4 Å². The second-order valence-corrected chi connectivity index (χ2v) is 9.02. The normalized spacial score (nSPS) is 19.1. The predicted molar refractivity (Wildman–Crippen MR) is 125 cm³/mol. The van der Waals surface area contributed by atoms with Gasteiger partial charge in [-0.2, -0.15) is 0 Å². The number of nitrogens with one attached hydrogen (secondary N) is 1. The van der Waals surface area contributed by atoms with Crippen molar-refractivity contribution in [1.82, 2.24) is 15.0 Å². The van der Waals surface area contributed by atoms with Crippen LogP contribution in [0.15, 0.2) is 54.7 Å². The number of nitrogens with zero attached hydrogens (tertiary/aromatic N) is 3. The molecule has 1 aliphatic carbocycles. The van der Waals surface area contributed by atoms with Crippen LogP contribution >= 0.6 is 11.3 Å². The van der Waals surface area contributed by atoms with E-state index in [1.165, 1.54) is 10.8 Å². The molecule has 1 aliphatic rings. The molecular formula is C24H25N5S. The zero-order valence-electron chi connectivity index (χ0n) is 17.0. The Bertz CT molecular complexity index is 1180. The zero-order chi connectivity index (χ0) is 20.5. The number of aromatic nitrogens is 3. The first-order valence-corrected chi connectivity index (χ1v) is 11.3. The molecule has 0 bridgehead atoms. The Morgan fingerprint density at radius 3 is 2.60 bits per heavy atom. The molecule has 0 unspecified atom stereocenters. The van der Waals surface area contributed by atoms with Crippen molar-refractivity contribution >= 4 is 28.1 Å². The van der Waals surface area contributed by atoms with Gasteiger partial charge in [-0.1, -0.05) is 36.4 Å². The molecule has 4 aromatic rings. The summed E-state index contributed by atoms with van der Waals surface area (Å²) >= 11 is 1.68. The van der Waals surface area contributed by atoms with Gasteiger partial charge in [0, 0.05) is 23.8 Å². The molecule has 2 heterocycles. The number of benzene rings is 2. The van der Waals surface area contributed by atoms with Crippen LogP contribution in [0.4, 0.5) is 5.95 Å². The fourth-order valence-electron chi connectivity index (χ4n) is 4.08. The summed E-state index contributed by atoms with van der Waals surface area (Å²) in [5.41, 5.74) is 9.08. The first-order valence-electron chi connectivity index (χ1n) is 10.5. The lowest BCUT2D eigenvalue weighted by Crippen LogP contribution is -2.33. The van der Waals surface area contributed by atoms with E-state index in [2.05, 4.69) is 52.8 Å². The number of hydrogen-bond acceptors (Lipinski definition) is 6. The number of anilines is 1. The molecule has 2 aromatic heterocycles. The lowest BCUT2D eigenvalue weighted by atomic mass is 9.92. The molecule has 0 aliphatic heterocycles. The maximum absolute atomic E-state index is 6.02. The van der Waals surface area contributed by atoms with Gasteiger partial charge in [-0.15, -0.1) is 11.3 Å². The SMILES string of the molecule is Cc1nc(-c2ccc3ccccc3c2)sc1-c1ccnc(NC2CCC(N)CC2)n1. The van der Waals surface area contributed by atoms with Gasteiger partial charge >= 0.3 is 0 Å². The molecule has 0 amide bonds. The van der Waals surface area contributed by atoms with Crippen molar-refractivity contribution in [3.8, 4) is 21.1 Å². The van der Waals surface area contributed by atoms with Crippen molar-refractivity contribution < 1.29 is 0 Å². The van der Waals surface area contributed by atoms with E-state index < -0.39 is 0 Å². The smallest absolute Gasteiger partial charge is 0.223 e. The Morgan fingerprint density at radius 2 is 1.77 bits per heavy atom. The third-order valence-electron chi connectivity index (χ3n) is 5.79. The van der Waals surface area contributed by atoms with Crippen LogP contribution in [0.5, 0.6) is 0 Å². The van der Waals surface area contributed by atoms with Gasteiger partial charge in [-0.3, -0.25) is 0 Å². The van der Waals surface area contributed by atoms with Gasteiger partial charge in [0.25, 0.3) is 0 Å². The minimum absolute atomic E-state index is 0.337. The maximum Gasteiger partial charge on any atom is 0.223 e. The molecule has 3 N–H and O–H groups in total. The Hall–Kier alpha value is -2.83. The standard InChI is InChI=1S/C24H25N5S/c1-15-22(21-12-13-26-24(29-21)28-20-10-8-19(25)9-11-20)30-23(27-15)18-7-6-16-4-2-3-5-17(16)14-18/h2-7,12-14,19-20H,8-11,25H2,1H3,(H,26,28,29). The average molecular weight is 416 g/mol. The number of aryl methyl sites for hydroxylation is 1. The maximum atomic E-state index is 6.02. The molecule has 30 heavy (non-hydrogen) atoms. The molecule has 5 rings (SSSR count). The minimum atomic E-state index is 0.337. The van der Waals surface area contributed by atoms with Crippen molar-refractivity contribution in [2.45, 2.75) is 44.7 Å². The van der Waals surface area contributed by atoms with Crippen LogP contribution in [0.3, 0.4) is 0 Å². The van der Waals surface area contributed by atoms with E-state index >= 15 is 0 Å². The topological polar surface area (TPSA) is 76.7 Å². The van der Waals surface area contributed by atoms with Gasteiger partial charge in [-0.25, -0.2) is 15.0 Å². The Balaban J connectivity index is 1.41. The number of rotatable bonds is 4. The monoisotopic (exact) mass is 415 g/mol. The molecule has 0 spiro atoms. The predicted octanol–water partition coefficient (Wildman–Crippen LogP) is 5.41. The first-order chi connectivity index (χ1) is 14.7. The molecule has 2 aromatic carbocycles. The third kappa shape index (κ3) is 3.93. The minimum Gasteiger partial charge on any atom is -0.351 e. The van der Waals surface area contributed by atoms with Crippen LogP contribution < -0.4 is 11.1 Å². The van der Waals surface area contributed by atoms with Crippen LogP contribution in [0.25, 0.3) is 31.9 Å². The molecule has 5 nitrogen and oxygen atoms in total. The van der Waals surface area contributed by atoms with E-state index in [1.807, 2.05) is 19.2 Å². The fraction of sp³-hybridized carbons (Fsp3) is 0.292. The van der Waals surface area contributed by atoms with E-state index in [-0.39, 0.29) is 0 Å². The van der Waals surface area contributed by atoms with Crippen LogP contribution in [-0.2, 0) is 0 Å². The number of nitrogens with two attached hydrogens (primary N) is 1. The second kappa shape index (κ2) is 8.13. The largest absolute Gasteiger partial charge is 0.351 e. The van der Waals surface area contributed by atoms with Crippen molar-refractivity contribution in [2.24, 2.45) is 5.73 Å². The Labute approximate surface area is 180 Å². The third-order valence-corrected chi connectivity index (χ3v) is 7.02. The average Bonchev–Trinajstić information content (AvgIpc) is 3.17. The second-order valence-electron chi connectivity index (χ2n) is 8.02. The summed E-state index contributed by atoms with van der Waals surface area (Å²) in [6, 6.07) is 17.6. The highest BCUT2D eigenvalue weighted by Gasteiger charge is 2.19. The van der Waals surface area contributed by atoms with E-state index in [0.717, 1.165) is 52.5 Å². The fourth-order valence-corrected chi connectivity index (χ4v) is 5.11. The van der Waals surface area contributed by atoms with Crippen LogP contribution in [-0.4, -0.2) is 27.0 Å². The van der Waals surface area contributed by atoms with E-state index in [0.29, 0.717) is 18.0 Å². The van der Waals surface area contributed by atoms with Crippen molar-refractivity contribution in [3.63, 3.8) is 0 Å². The summed E-state index contributed by atoms with van der Waals surface area (Å²) in [6.07, 6.45) is 6.08. The molecule has 6 heteroatoms. The highest BCUT2D eigenvalue weighted by Crippen LogP contribution is 2.35. The quantitative estimate of drug-likeness (QED) is 0.466. The summed E-state index contributed by atoms with van der Waals surface area (Å²) in [6.45, 7) is 2.05.